The van der Waals surface area contributed by atoms with Gasteiger partial charge in [-0.25, -0.2) is 9.37 Å². The van der Waals surface area contributed by atoms with Gasteiger partial charge in [0.2, 0.25) is 0 Å². The molecule has 0 amide bonds. The van der Waals surface area contributed by atoms with Crippen LogP contribution in [0.4, 0.5) is 4.39 Å². The number of hydrogen-bond donors (Lipinski definition) is 0. The summed E-state index contributed by atoms with van der Waals surface area (Å²) in [5.74, 6) is -0.413. The quantitative estimate of drug-likeness (QED) is 0.704. The number of nitriles is 1. The average Bonchev–Trinajstić information content (AvgIpc) is 2.81. The van der Waals surface area contributed by atoms with Crippen LogP contribution in [0.3, 0.4) is 0 Å². The Balaban J connectivity index is 2.33. The number of imidazole rings is 1. The second-order valence-electron chi connectivity index (χ2n) is 4.01. The molecule has 19 heavy (non-hydrogen) atoms. The van der Waals surface area contributed by atoms with Crippen molar-refractivity contribution < 1.29 is 4.39 Å². The van der Waals surface area contributed by atoms with Gasteiger partial charge >= 0.3 is 0 Å². The molecule has 0 N–H and O–H groups in total. The van der Waals surface area contributed by atoms with Crippen molar-refractivity contribution in [3.8, 4) is 17.5 Å². The zero-order chi connectivity index (χ0) is 13.2. The molecule has 3 rings (SSSR count). The molecule has 0 fully saturated rings. The monoisotopic (exact) mass is 252 g/mol. The molecule has 0 saturated heterocycles. The van der Waals surface area contributed by atoms with E-state index in [1.165, 1.54) is 6.07 Å². The lowest BCUT2D eigenvalue weighted by Crippen LogP contribution is -1.94. The van der Waals surface area contributed by atoms with E-state index in [1.54, 1.807) is 35.0 Å². The van der Waals surface area contributed by atoms with Gasteiger partial charge in [-0.2, -0.15) is 5.26 Å². The molecule has 0 aliphatic carbocycles. The fraction of sp³-hybridized carbons (Fsp3) is 0.0714. The van der Waals surface area contributed by atoms with Crippen LogP contribution in [0.1, 0.15) is 5.69 Å². The molecule has 92 valence electrons. The van der Waals surface area contributed by atoms with Gasteiger partial charge in [0.25, 0.3) is 0 Å². The molecule has 0 atom stereocenters. The van der Waals surface area contributed by atoms with Crippen LogP contribution in [-0.4, -0.2) is 14.4 Å². The van der Waals surface area contributed by atoms with Gasteiger partial charge in [0.1, 0.15) is 5.69 Å². The lowest BCUT2D eigenvalue weighted by atomic mass is 10.2. The van der Waals surface area contributed by atoms with Gasteiger partial charge in [0.15, 0.2) is 11.5 Å². The Morgan fingerprint density at radius 3 is 2.89 bits per heavy atom. The van der Waals surface area contributed by atoms with Gasteiger partial charge in [0, 0.05) is 12.4 Å². The Morgan fingerprint density at radius 2 is 2.16 bits per heavy atom. The van der Waals surface area contributed by atoms with Crippen LogP contribution in [-0.2, 0) is 6.42 Å². The lowest BCUT2D eigenvalue weighted by molar-refractivity contribution is 0.629. The zero-order valence-electron chi connectivity index (χ0n) is 9.92. The van der Waals surface area contributed by atoms with Crippen molar-refractivity contribution in [2.45, 2.75) is 6.42 Å². The third-order valence-corrected chi connectivity index (χ3v) is 2.86. The minimum atomic E-state index is -0.413. The van der Waals surface area contributed by atoms with Gasteiger partial charge in [0.05, 0.1) is 23.9 Å². The summed E-state index contributed by atoms with van der Waals surface area (Å²) < 4.78 is 15.3. The lowest BCUT2D eigenvalue weighted by Gasteiger charge is -2.00. The second kappa shape index (κ2) is 4.50. The van der Waals surface area contributed by atoms with Crippen molar-refractivity contribution in [1.29, 1.82) is 5.26 Å². The molecule has 0 saturated carbocycles. The number of hydrogen-bond acceptors (Lipinski definition) is 3. The van der Waals surface area contributed by atoms with Gasteiger partial charge < -0.3 is 0 Å². The van der Waals surface area contributed by atoms with Gasteiger partial charge in [-0.1, -0.05) is 6.07 Å². The number of nitrogens with zero attached hydrogens (tertiary/aromatic N) is 4. The van der Waals surface area contributed by atoms with Crippen LogP contribution in [0.25, 0.3) is 17.0 Å². The van der Waals surface area contributed by atoms with Crippen molar-refractivity contribution >= 4 is 5.65 Å². The molecule has 0 aliphatic rings. The van der Waals surface area contributed by atoms with E-state index >= 15 is 0 Å². The van der Waals surface area contributed by atoms with E-state index < -0.39 is 5.82 Å². The van der Waals surface area contributed by atoms with E-state index in [0.29, 0.717) is 17.1 Å². The summed E-state index contributed by atoms with van der Waals surface area (Å²) in [5, 5.41) is 8.93. The highest BCUT2D eigenvalue weighted by Crippen LogP contribution is 2.24. The van der Waals surface area contributed by atoms with Gasteiger partial charge in [-0.3, -0.25) is 9.38 Å². The van der Waals surface area contributed by atoms with Crippen molar-refractivity contribution in [1.82, 2.24) is 14.4 Å². The van der Waals surface area contributed by atoms with Gasteiger partial charge in [-0.05, 0) is 24.3 Å². The molecule has 5 heteroatoms. The van der Waals surface area contributed by atoms with Crippen molar-refractivity contribution in [2.24, 2.45) is 0 Å². The standard InChI is InChI=1S/C14H9FN4/c15-10-4-3-9-19-12(6-7-16)13(18-14(10)19)11-5-1-2-8-17-11/h1-5,8-9H,6H2. The summed E-state index contributed by atoms with van der Waals surface area (Å²) >= 11 is 0. The predicted octanol–water partition coefficient (Wildman–Crippen LogP) is 2.60. The summed E-state index contributed by atoms with van der Waals surface area (Å²) in [6.45, 7) is 0. The number of aromatic nitrogens is 3. The van der Waals surface area contributed by atoms with E-state index in [-0.39, 0.29) is 12.1 Å². The first-order valence-corrected chi connectivity index (χ1v) is 5.75. The van der Waals surface area contributed by atoms with E-state index in [1.807, 2.05) is 6.07 Å². The van der Waals surface area contributed by atoms with E-state index in [2.05, 4.69) is 16.0 Å². The van der Waals surface area contributed by atoms with Crippen LogP contribution in [0.5, 0.6) is 0 Å². The Bertz CT molecular complexity index is 771. The number of halogens is 1. The minimum absolute atomic E-state index is 0.149. The van der Waals surface area contributed by atoms with Crippen molar-refractivity contribution in [2.75, 3.05) is 0 Å². The molecule has 0 aliphatic heterocycles. The fourth-order valence-electron chi connectivity index (χ4n) is 2.04. The highest BCUT2D eigenvalue weighted by Gasteiger charge is 2.16. The third-order valence-electron chi connectivity index (χ3n) is 2.86. The fourth-order valence-corrected chi connectivity index (χ4v) is 2.04. The first kappa shape index (κ1) is 11.4. The molecular formula is C14H9FN4. The molecule has 0 spiro atoms. The summed E-state index contributed by atoms with van der Waals surface area (Å²) in [6, 6.07) is 10.4. The molecule has 0 bridgehead atoms. The molecule has 0 aromatic carbocycles. The summed E-state index contributed by atoms with van der Waals surface area (Å²) in [7, 11) is 0. The Hall–Kier alpha value is -2.74. The molecule has 0 unspecified atom stereocenters. The largest absolute Gasteiger partial charge is 0.300 e. The van der Waals surface area contributed by atoms with Crippen LogP contribution in [0, 0.1) is 17.1 Å². The number of rotatable bonds is 2. The smallest absolute Gasteiger partial charge is 0.174 e. The first-order valence-electron chi connectivity index (χ1n) is 5.75. The molecule has 3 aromatic heterocycles. The van der Waals surface area contributed by atoms with Crippen LogP contribution in [0.2, 0.25) is 0 Å². The highest BCUT2D eigenvalue weighted by atomic mass is 19.1. The van der Waals surface area contributed by atoms with Gasteiger partial charge in [-0.15, -0.1) is 0 Å². The number of pyridine rings is 2. The first-order chi connectivity index (χ1) is 9.31. The van der Waals surface area contributed by atoms with E-state index in [4.69, 9.17) is 5.26 Å². The summed E-state index contributed by atoms with van der Waals surface area (Å²) in [4.78, 5) is 8.48. The maximum atomic E-state index is 13.7. The maximum Gasteiger partial charge on any atom is 0.174 e. The summed E-state index contributed by atoms with van der Waals surface area (Å²) in [5.41, 5.74) is 2.05. The Morgan fingerprint density at radius 1 is 1.26 bits per heavy atom. The molecule has 3 heterocycles. The van der Waals surface area contributed by atoms with Crippen molar-refractivity contribution in [3.63, 3.8) is 0 Å². The van der Waals surface area contributed by atoms with Crippen molar-refractivity contribution in [3.05, 3.63) is 54.2 Å². The Kier molecular flexibility index (Phi) is 2.69. The van der Waals surface area contributed by atoms with E-state index in [9.17, 15) is 4.39 Å². The molecule has 3 aromatic rings. The zero-order valence-corrected chi connectivity index (χ0v) is 9.92. The highest BCUT2D eigenvalue weighted by molar-refractivity contribution is 5.64. The van der Waals surface area contributed by atoms with Crippen LogP contribution in [0.15, 0.2) is 42.7 Å². The van der Waals surface area contributed by atoms with Crippen LogP contribution >= 0.6 is 0 Å². The number of fused-ring (bicyclic) bond motifs is 1. The van der Waals surface area contributed by atoms with E-state index in [0.717, 1.165) is 0 Å². The minimum Gasteiger partial charge on any atom is -0.300 e. The second-order valence-corrected chi connectivity index (χ2v) is 4.01. The summed E-state index contributed by atoms with van der Waals surface area (Å²) in [6.07, 6.45) is 3.49. The topological polar surface area (TPSA) is 54.0 Å². The molecule has 4 nitrogen and oxygen atoms in total. The molecule has 0 radical (unpaired) electrons. The third kappa shape index (κ3) is 1.83. The Labute approximate surface area is 108 Å². The predicted molar refractivity (Wildman–Crippen MR) is 67.7 cm³/mol. The molecular weight excluding hydrogens is 243 g/mol. The normalized spacial score (nSPS) is 10.5. The maximum absolute atomic E-state index is 13.7. The average molecular weight is 252 g/mol. The SMILES string of the molecule is N#CCc1c(-c2ccccn2)nc2c(F)cccn12. The van der Waals surface area contributed by atoms with Crippen LogP contribution < -0.4 is 0 Å².